The number of sulfonamides is 1. The lowest BCUT2D eigenvalue weighted by Crippen LogP contribution is -2.40. The smallest absolute Gasteiger partial charge is 0.243 e. The van der Waals surface area contributed by atoms with Crippen LogP contribution in [0.2, 0.25) is 5.02 Å². The van der Waals surface area contributed by atoms with Gasteiger partial charge in [0.2, 0.25) is 15.9 Å². The van der Waals surface area contributed by atoms with Crippen molar-refractivity contribution < 1.29 is 17.9 Å². The molecule has 0 atom stereocenters. The molecule has 29 heavy (non-hydrogen) atoms. The molecule has 0 bridgehead atoms. The molecular weight excluding hydrogens is 412 g/mol. The van der Waals surface area contributed by atoms with E-state index < -0.39 is 10.0 Å². The molecular formula is C21H31ClN2O4S. The minimum absolute atomic E-state index is 0.0385. The highest BCUT2D eigenvalue weighted by Gasteiger charge is 2.29. The lowest BCUT2D eigenvalue weighted by Gasteiger charge is -2.28. The average molecular weight is 443 g/mol. The summed E-state index contributed by atoms with van der Waals surface area (Å²) in [6, 6.07) is 4.49. The Kier molecular flexibility index (Phi) is 7.96. The van der Waals surface area contributed by atoms with E-state index in [4.69, 9.17) is 16.3 Å². The molecule has 1 amide bonds. The Labute approximate surface area is 179 Å². The first-order chi connectivity index (χ1) is 13.9. The van der Waals surface area contributed by atoms with Gasteiger partial charge >= 0.3 is 0 Å². The molecule has 0 aromatic heterocycles. The van der Waals surface area contributed by atoms with Gasteiger partial charge in [-0.15, -0.1) is 0 Å². The number of unbranched alkanes of at least 4 members (excludes halogenated alkanes) is 1. The Bertz CT molecular complexity index is 801. The molecule has 0 spiro atoms. The predicted octanol–water partition coefficient (Wildman–Crippen LogP) is 4.30. The van der Waals surface area contributed by atoms with Gasteiger partial charge in [0.15, 0.2) is 0 Å². The van der Waals surface area contributed by atoms with Gasteiger partial charge in [0.1, 0.15) is 0 Å². The number of carbonyl (C=O) groups excluding carboxylic acids is 1. The maximum atomic E-state index is 12.9. The van der Waals surface area contributed by atoms with Crippen LogP contribution >= 0.6 is 11.6 Å². The number of hydrogen-bond donors (Lipinski definition) is 1. The summed E-state index contributed by atoms with van der Waals surface area (Å²) in [6.45, 7) is 3.63. The van der Waals surface area contributed by atoms with Gasteiger partial charge in [-0.2, -0.15) is 4.31 Å². The largest absolute Gasteiger partial charge is 0.379 e. The maximum Gasteiger partial charge on any atom is 0.243 e. The molecule has 2 fully saturated rings. The number of carbonyl (C=O) groups is 1. The van der Waals surface area contributed by atoms with Crippen LogP contribution in [-0.4, -0.2) is 44.9 Å². The predicted molar refractivity (Wildman–Crippen MR) is 115 cm³/mol. The molecule has 8 heteroatoms. The minimum atomic E-state index is -3.63. The van der Waals surface area contributed by atoms with Gasteiger partial charge in [0, 0.05) is 19.0 Å². The van der Waals surface area contributed by atoms with Crippen molar-refractivity contribution in [1.29, 1.82) is 0 Å². The molecule has 162 valence electrons. The van der Waals surface area contributed by atoms with Crippen LogP contribution in [0.25, 0.3) is 0 Å². The summed E-state index contributed by atoms with van der Waals surface area (Å²) in [5.41, 5.74) is 0.360. The van der Waals surface area contributed by atoms with Crippen molar-refractivity contribution in [2.24, 2.45) is 11.8 Å². The topological polar surface area (TPSA) is 75.7 Å². The number of ether oxygens (including phenoxy) is 1. The first-order valence-electron chi connectivity index (χ1n) is 10.6. The van der Waals surface area contributed by atoms with Gasteiger partial charge in [-0.3, -0.25) is 4.79 Å². The molecule has 1 heterocycles. The number of anilines is 1. The Morgan fingerprint density at radius 2 is 1.90 bits per heavy atom. The van der Waals surface area contributed by atoms with Crippen LogP contribution < -0.4 is 5.32 Å². The number of rotatable bonds is 7. The van der Waals surface area contributed by atoms with E-state index in [0.717, 1.165) is 31.6 Å². The third kappa shape index (κ3) is 5.72. The number of morpholine rings is 1. The Hall–Kier alpha value is -1.15. The first-order valence-corrected chi connectivity index (χ1v) is 12.4. The fourth-order valence-electron chi connectivity index (χ4n) is 4.14. The van der Waals surface area contributed by atoms with Crippen LogP contribution in [0.15, 0.2) is 23.1 Å². The molecule has 1 aromatic carbocycles. The standard InChI is InChI=1S/C21H31ClN2O4S/c1-2-3-4-16-5-7-17(8-6-16)21(25)23-20-15-18(9-10-19(20)22)29(26,27)24-11-13-28-14-12-24/h9-10,15-17H,2-8,11-14H2,1H3,(H,23,25). The summed E-state index contributed by atoms with van der Waals surface area (Å²) in [5.74, 6) is 0.620. The van der Waals surface area contributed by atoms with Crippen LogP contribution in [0.3, 0.4) is 0 Å². The van der Waals surface area contributed by atoms with Crippen molar-refractivity contribution in [1.82, 2.24) is 4.31 Å². The number of nitrogens with one attached hydrogen (secondary N) is 1. The zero-order valence-electron chi connectivity index (χ0n) is 17.0. The fraction of sp³-hybridized carbons (Fsp3) is 0.667. The quantitative estimate of drug-likeness (QED) is 0.683. The summed E-state index contributed by atoms with van der Waals surface area (Å²) in [6.07, 6.45) is 7.63. The van der Waals surface area contributed by atoms with E-state index in [9.17, 15) is 13.2 Å². The summed E-state index contributed by atoms with van der Waals surface area (Å²) in [7, 11) is -3.63. The van der Waals surface area contributed by atoms with Gasteiger partial charge in [-0.25, -0.2) is 8.42 Å². The molecule has 6 nitrogen and oxygen atoms in total. The molecule has 1 aromatic rings. The van der Waals surface area contributed by atoms with Gasteiger partial charge in [-0.1, -0.05) is 37.8 Å². The third-order valence-corrected chi connectivity index (χ3v) is 8.21. The minimum Gasteiger partial charge on any atom is -0.379 e. The van der Waals surface area contributed by atoms with Crippen molar-refractivity contribution in [2.75, 3.05) is 31.6 Å². The van der Waals surface area contributed by atoms with Crippen molar-refractivity contribution in [3.63, 3.8) is 0 Å². The number of benzene rings is 1. The number of nitrogens with zero attached hydrogens (tertiary/aromatic N) is 1. The van der Waals surface area contributed by atoms with Gasteiger partial charge in [0.25, 0.3) is 0 Å². The van der Waals surface area contributed by atoms with Gasteiger partial charge in [0.05, 0.1) is 28.8 Å². The maximum absolute atomic E-state index is 12.9. The zero-order valence-corrected chi connectivity index (χ0v) is 18.6. The van der Waals surface area contributed by atoms with E-state index >= 15 is 0 Å². The Morgan fingerprint density at radius 3 is 2.55 bits per heavy atom. The van der Waals surface area contributed by atoms with E-state index in [1.807, 2.05) is 0 Å². The van der Waals surface area contributed by atoms with Crippen LogP contribution in [0.4, 0.5) is 5.69 Å². The van der Waals surface area contributed by atoms with E-state index in [1.54, 1.807) is 0 Å². The number of amides is 1. The summed E-state index contributed by atoms with van der Waals surface area (Å²) < 4.78 is 32.4. The summed E-state index contributed by atoms with van der Waals surface area (Å²) >= 11 is 6.25. The molecule has 1 saturated heterocycles. The van der Waals surface area contributed by atoms with Crippen LogP contribution in [0.5, 0.6) is 0 Å². The fourth-order valence-corrected chi connectivity index (χ4v) is 5.74. The molecule has 1 aliphatic carbocycles. The Morgan fingerprint density at radius 1 is 1.21 bits per heavy atom. The number of halogens is 1. The average Bonchev–Trinajstić information content (AvgIpc) is 2.74. The highest BCUT2D eigenvalue weighted by molar-refractivity contribution is 7.89. The van der Waals surface area contributed by atoms with Crippen molar-refractivity contribution >= 4 is 33.2 Å². The SMILES string of the molecule is CCCCC1CCC(C(=O)Nc2cc(S(=O)(=O)N3CCOCC3)ccc2Cl)CC1. The van der Waals surface area contributed by atoms with Crippen molar-refractivity contribution in [2.45, 2.75) is 56.8 Å². The van der Waals surface area contributed by atoms with E-state index in [0.29, 0.717) is 37.0 Å². The van der Waals surface area contributed by atoms with Crippen LogP contribution in [0.1, 0.15) is 51.9 Å². The van der Waals surface area contributed by atoms with Crippen LogP contribution in [0, 0.1) is 11.8 Å². The van der Waals surface area contributed by atoms with E-state index in [2.05, 4.69) is 12.2 Å². The second kappa shape index (κ2) is 10.2. The lowest BCUT2D eigenvalue weighted by atomic mass is 9.79. The first kappa shape index (κ1) is 22.5. The third-order valence-electron chi connectivity index (χ3n) is 5.99. The normalized spacial score (nSPS) is 23.7. The van der Waals surface area contributed by atoms with Crippen LogP contribution in [-0.2, 0) is 19.6 Å². The highest BCUT2D eigenvalue weighted by Crippen LogP contribution is 2.34. The van der Waals surface area contributed by atoms with Crippen molar-refractivity contribution in [3.8, 4) is 0 Å². The summed E-state index contributed by atoms with van der Waals surface area (Å²) in [5, 5.41) is 3.22. The monoisotopic (exact) mass is 442 g/mol. The highest BCUT2D eigenvalue weighted by atomic mass is 35.5. The molecule has 1 aliphatic heterocycles. The van der Waals surface area contributed by atoms with E-state index in [-0.39, 0.29) is 16.7 Å². The second-order valence-electron chi connectivity index (χ2n) is 8.01. The molecule has 0 unspecified atom stereocenters. The molecule has 1 saturated carbocycles. The van der Waals surface area contributed by atoms with Gasteiger partial charge in [-0.05, 0) is 49.8 Å². The Balaban J connectivity index is 1.65. The molecule has 1 N–H and O–H groups in total. The zero-order chi connectivity index (χ0) is 20.9. The molecule has 0 radical (unpaired) electrons. The lowest BCUT2D eigenvalue weighted by molar-refractivity contribution is -0.121. The summed E-state index contributed by atoms with van der Waals surface area (Å²) in [4.78, 5) is 12.9. The second-order valence-corrected chi connectivity index (χ2v) is 10.4. The number of hydrogen-bond acceptors (Lipinski definition) is 4. The van der Waals surface area contributed by atoms with Crippen molar-refractivity contribution in [3.05, 3.63) is 23.2 Å². The van der Waals surface area contributed by atoms with Gasteiger partial charge < -0.3 is 10.1 Å². The molecule has 3 rings (SSSR count). The van der Waals surface area contributed by atoms with E-state index in [1.165, 1.54) is 41.8 Å². The molecule has 2 aliphatic rings.